The number of nitrogens with zero attached hydrogens (tertiary/aromatic N) is 3. The van der Waals surface area contributed by atoms with E-state index in [1.807, 2.05) is 6.20 Å². The number of likely N-dealkylation sites (tertiary alicyclic amines) is 2. The first kappa shape index (κ1) is 15.7. The van der Waals surface area contributed by atoms with Crippen molar-refractivity contribution in [3.8, 4) is 0 Å². The summed E-state index contributed by atoms with van der Waals surface area (Å²) in [5.41, 5.74) is 2.28. The quantitative estimate of drug-likeness (QED) is 0.850. The van der Waals surface area contributed by atoms with Gasteiger partial charge >= 0.3 is 0 Å². The SMILES string of the molecule is Cc1ccc(/C=C/CN2CCC(N3CCCCC3)CC2)nc1. The molecule has 2 aliphatic rings. The highest BCUT2D eigenvalue weighted by atomic mass is 15.2. The predicted octanol–water partition coefficient (Wildman–Crippen LogP) is 3.35. The van der Waals surface area contributed by atoms with E-state index in [0.717, 1.165) is 18.3 Å². The summed E-state index contributed by atoms with van der Waals surface area (Å²) in [6, 6.07) is 5.06. The predicted molar refractivity (Wildman–Crippen MR) is 92.9 cm³/mol. The van der Waals surface area contributed by atoms with Crippen LogP contribution in [0.15, 0.2) is 24.4 Å². The maximum absolute atomic E-state index is 4.42. The Hall–Kier alpha value is -1.19. The van der Waals surface area contributed by atoms with Gasteiger partial charge in [0.1, 0.15) is 0 Å². The van der Waals surface area contributed by atoms with Crippen LogP contribution < -0.4 is 0 Å². The van der Waals surface area contributed by atoms with Crippen LogP contribution in [0.5, 0.6) is 0 Å². The topological polar surface area (TPSA) is 19.4 Å². The average molecular weight is 299 g/mol. The van der Waals surface area contributed by atoms with Gasteiger partial charge in [0.2, 0.25) is 0 Å². The van der Waals surface area contributed by atoms with Gasteiger partial charge in [0.25, 0.3) is 0 Å². The molecule has 0 aromatic carbocycles. The maximum atomic E-state index is 4.42. The van der Waals surface area contributed by atoms with Crippen LogP contribution in [0.2, 0.25) is 0 Å². The zero-order chi connectivity index (χ0) is 15.2. The molecule has 0 radical (unpaired) electrons. The molecule has 0 atom stereocenters. The minimum absolute atomic E-state index is 0.847. The highest BCUT2D eigenvalue weighted by Crippen LogP contribution is 2.20. The van der Waals surface area contributed by atoms with Crippen molar-refractivity contribution >= 4 is 6.08 Å². The normalized spacial score (nSPS) is 22.4. The first-order valence-electron chi connectivity index (χ1n) is 8.87. The Bertz CT molecular complexity index is 466. The Labute approximate surface area is 135 Å². The van der Waals surface area contributed by atoms with E-state index in [1.165, 1.54) is 63.8 Å². The number of hydrogen-bond acceptors (Lipinski definition) is 3. The summed E-state index contributed by atoms with van der Waals surface area (Å²) in [6.07, 6.45) is 13.3. The summed E-state index contributed by atoms with van der Waals surface area (Å²) >= 11 is 0. The Kier molecular flexibility index (Phi) is 5.63. The molecule has 2 saturated heterocycles. The molecule has 0 aliphatic carbocycles. The zero-order valence-corrected chi connectivity index (χ0v) is 13.9. The third kappa shape index (κ3) is 4.40. The van der Waals surface area contributed by atoms with Crippen LogP contribution in [0.25, 0.3) is 6.08 Å². The van der Waals surface area contributed by atoms with E-state index in [2.05, 4.69) is 46.0 Å². The zero-order valence-electron chi connectivity index (χ0n) is 13.9. The van der Waals surface area contributed by atoms with Crippen molar-refractivity contribution in [1.82, 2.24) is 14.8 Å². The summed E-state index contributed by atoms with van der Waals surface area (Å²) in [5, 5.41) is 0. The Morgan fingerprint density at radius 2 is 1.86 bits per heavy atom. The van der Waals surface area contributed by atoms with E-state index in [-0.39, 0.29) is 0 Å². The molecule has 3 nitrogen and oxygen atoms in total. The second kappa shape index (κ2) is 7.89. The van der Waals surface area contributed by atoms with Gasteiger partial charge in [0.05, 0.1) is 5.69 Å². The lowest BCUT2D eigenvalue weighted by Crippen LogP contribution is -2.46. The second-order valence-electron chi connectivity index (χ2n) is 6.79. The first-order valence-corrected chi connectivity index (χ1v) is 8.87. The van der Waals surface area contributed by atoms with E-state index in [4.69, 9.17) is 0 Å². The van der Waals surface area contributed by atoms with Crippen LogP contribution in [0.3, 0.4) is 0 Å². The Morgan fingerprint density at radius 1 is 1.09 bits per heavy atom. The van der Waals surface area contributed by atoms with Crippen LogP contribution in [-0.4, -0.2) is 53.5 Å². The largest absolute Gasteiger partial charge is 0.300 e. The van der Waals surface area contributed by atoms with E-state index >= 15 is 0 Å². The molecule has 0 spiro atoms. The summed E-state index contributed by atoms with van der Waals surface area (Å²) in [5.74, 6) is 0. The lowest BCUT2D eigenvalue weighted by Gasteiger charge is -2.40. The number of aryl methyl sites for hydroxylation is 1. The van der Waals surface area contributed by atoms with Crippen molar-refractivity contribution < 1.29 is 0 Å². The Morgan fingerprint density at radius 3 is 2.55 bits per heavy atom. The van der Waals surface area contributed by atoms with E-state index < -0.39 is 0 Å². The highest BCUT2D eigenvalue weighted by molar-refractivity contribution is 5.44. The molecule has 2 fully saturated rings. The third-order valence-electron chi connectivity index (χ3n) is 5.05. The van der Waals surface area contributed by atoms with Gasteiger partial charge in [0, 0.05) is 18.8 Å². The third-order valence-corrected chi connectivity index (χ3v) is 5.05. The molecule has 0 N–H and O–H groups in total. The highest BCUT2D eigenvalue weighted by Gasteiger charge is 2.24. The number of aromatic nitrogens is 1. The van der Waals surface area contributed by atoms with Crippen molar-refractivity contribution in [3.05, 3.63) is 35.7 Å². The lowest BCUT2D eigenvalue weighted by molar-refractivity contribution is 0.0975. The molecule has 2 aliphatic heterocycles. The summed E-state index contributed by atoms with van der Waals surface area (Å²) in [7, 11) is 0. The molecule has 3 heteroatoms. The fraction of sp³-hybridized carbons (Fsp3) is 0.632. The molecule has 0 bridgehead atoms. The van der Waals surface area contributed by atoms with Gasteiger partial charge in [-0.2, -0.15) is 0 Å². The lowest BCUT2D eigenvalue weighted by atomic mass is 10.00. The van der Waals surface area contributed by atoms with E-state index in [9.17, 15) is 0 Å². The average Bonchev–Trinajstić information content (AvgIpc) is 2.58. The maximum Gasteiger partial charge on any atom is 0.0627 e. The van der Waals surface area contributed by atoms with Crippen molar-refractivity contribution in [3.63, 3.8) is 0 Å². The first-order chi connectivity index (χ1) is 10.8. The van der Waals surface area contributed by atoms with Crippen molar-refractivity contribution in [1.29, 1.82) is 0 Å². The van der Waals surface area contributed by atoms with Crippen molar-refractivity contribution in [2.45, 2.75) is 45.1 Å². The molecular formula is C19H29N3. The standard InChI is InChI=1S/C19H29N3/c1-17-7-8-18(20-16-17)6-5-11-21-14-9-19(10-15-21)22-12-3-2-4-13-22/h5-8,16,19H,2-4,9-15H2,1H3/b6-5+. The Balaban J connectivity index is 1.41. The molecule has 3 rings (SSSR count). The minimum Gasteiger partial charge on any atom is -0.300 e. The number of hydrogen-bond donors (Lipinski definition) is 0. The molecule has 3 heterocycles. The molecule has 120 valence electrons. The van der Waals surface area contributed by atoms with Crippen molar-refractivity contribution in [2.24, 2.45) is 0 Å². The van der Waals surface area contributed by atoms with E-state index in [1.54, 1.807) is 0 Å². The van der Waals surface area contributed by atoms with Gasteiger partial charge < -0.3 is 4.90 Å². The molecular weight excluding hydrogens is 270 g/mol. The van der Waals surface area contributed by atoms with Crippen LogP contribution in [-0.2, 0) is 0 Å². The van der Waals surface area contributed by atoms with Gasteiger partial charge in [0.15, 0.2) is 0 Å². The fourth-order valence-corrected chi connectivity index (χ4v) is 3.65. The molecule has 22 heavy (non-hydrogen) atoms. The molecule has 0 amide bonds. The second-order valence-corrected chi connectivity index (χ2v) is 6.79. The summed E-state index contributed by atoms with van der Waals surface area (Å²) in [6.45, 7) is 8.29. The van der Waals surface area contributed by atoms with Gasteiger partial charge in [-0.3, -0.25) is 9.88 Å². The number of pyridine rings is 1. The van der Waals surface area contributed by atoms with Crippen LogP contribution >= 0.6 is 0 Å². The summed E-state index contributed by atoms with van der Waals surface area (Å²) < 4.78 is 0. The molecule has 1 aromatic rings. The van der Waals surface area contributed by atoms with Crippen LogP contribution in [0, 0.1) is 6.92 Å². The number of rotatable bonds is 4. The molecule has 0 saturated carbocycles. The van der Waals surface area contributed by atoms with Gasteiger partial charge in [-0.1, -0.05) is 18.6 Å². The molecule has 0 unspecified atom stereocenters. The van der Waals surface area contributed by atoms with Gasteiger partial charge in [-0.15, -0.1) is 0 Å². The van der Waals surface area contributed by atoms with Crippen LogP contribution in [0.1, 0.15) is 43.4 Å². The van der Waals surface area contributed by atoms with E-state index in [0.29, 0.717) is 0 Å². The minimum atomic E-state index is 0.847. The molecule has 1 aromatic heterocycles. The van der Waals surface area contributed by atoms with Crippen molar-refractivity contribution in [2.75, 3.05) is 32.7 Å². The van der Waals surface area contributed by atoms with Crippen LogP contribution in [0.4, 0.5) is 0 Å². The smallest absolute Gasteiger partial charge is 0.0627 e. The number of piperidine rings is 2. The van der Waals surface area contributed by atoms with Gasteiger partial charge in [-0.05, 0) is 76.5 Å². The fourth-order valence-electron chi connectivity index (χ4n) is 3.65. The monoisotopic (exact) mass is 299 g/mol. The summed E-state index contributed by atoms with van der Waals surface area (Å²) in [4.78, 5) is 9.74. The van der Waals surface area contributed by atoms with Gasteiger partial charge in [-0.25, -0.2) is 0 Å².